The summed E-state index contributed by atoms with van der Waals surface area (Å²) in [7, 11) is 1.70. The second-order valence-corrected chi connectivity index (χ2v) is 5.88. The van der Waals surface area contributed by atoms with Gasteiger partial charge in [-0.1, -0.05) is 0 Å². The lowest BCUT2D eigenvalue weighted by Crippen LogP contribution is -2.50. The number of hydrogen-bond acceptors (Lipinski definition) is 4. The van der Waals surface area contributed by atoms with E-state index >= 15 is 0 Å². The summed E-state index contributed by atoms with van der Waals surface area (Å²) in [5, 5.41) is 11.2. The summed E-state index contributed by atoms with van der Waals surface area (Å²) >= 11 is 1.68. The molecule has 1 aliphatic rings. The Balaban J connectivity index is 2.04. The van der Waals surface area contributed by atoms with Crippen LogP contribution in [0.15, 0.2) is 0 Å². The van der Waals surface area contributed by atoms with Crippen LogP contribution in [0, 0.1) is 13.8 Å². The van der Waals surface area contributed by atoms with Crippen LogP contribution in [-0.4, -0.2) is 28.9 Å². The number of aromatic nitrogens is 1. The Bertz CT molecular complexity index is 346. The van der Waals surface area contributed by atoms with Gasteiger partial charge >= 0.3 is 0 Å². The van der Waals surface area contributed by atoms with Crippen molar-refractivity contribution in [2.24, 2.45) is 0 Å². The van der Waals surface area contributed by atoms with Gasteiger partial charge in [-0.2, -0.15) is 0 Å². The molecule has 1 fully saturated rings. The smallest absolute Gasteiger partial charge is 0.0957 e. The second-order valence-electron chi connectivity index (χ2n) is 4.59. The van der Waals surface area contributed by atoms with Gasteiger partial charge in [0.1, 0.15) is 0 Å². The van der Waals surface area contributed by atoms with Crippen LogP contribution >= 0.6 is 11.3 Å². The maximum atomic E-state index is 10.2. The molecule has 3 nitrogen and oxygen atoms in total. The SMILES string of the molecule is COC1(C(O)Cc2nc(C)c(C)s2)CCC1. The number of hydrogen-bond donors (Lipinski definition) is 1. The van der Waals surface area contributed by atoms with Crippen LogP contribution in [0.1, 0.15) is 34.8 Å². The Kier molecular flexibility index (Phi) is 3.33. The Hall–Kier alpha value is -0.450. The van der Waals surface area contributed by atoms with Crippen molar-refractivity contribution >= 4 is 11.3 Å². The van der Waals surface area contributed by atoms with Crippen molar-refractivity contribution < 1.29 is 9.84 Å². The van der Waals surface area contributed by atoms with Crippen LogP contribution in [-0.2, 0) is 11.2 Å². The minimum Gasteiger partial charge on any atom is -0.390 e. The van der Waals surface area contributed by atoms with Gasteiger partial charge in [-0.15, -0.1) is 11.3 Å². The molecular weight excluding hydrogens is 222 g/mol. The summed E-state index contributed by atoms with van der Waals surface area (Å²) in [5.74, 6) is 0. The monoisotopic (exact) mass is 241 g/mol. The first-order valence-electron chi connectivity index (χ1n) is 5.73. The molecule has 0 bridgehead atoms. The topological polar surface area (TPSA) is 42.4 Å². The Morgan fingerprint density at radius 2 is 2.19 bits per heavy atom. The number of aliphatic hydroxyl groups excluding tert-OH is 1. The minimum absolute atomic E-state index is 0.298. The highest BCUT2D eigenvalue weighted by molar-refractivity contribution is 7.11. The molecule has 1 atom stereocenters. The van der Waals surface area contributed by atoms with Crippen LogP contribution in [0.3, 0.4) is 0 Å². The Morgan fingerprint density at radius 3 is 2.56 bits per heavy atom. The van der Waals surface area contributed by atoms with E-state index in [0.29, 0.717) is 6.42 Å². The molecule has 0 aromatic carbocycles. The number of aryl methyl sites for hydroxylation is 2. The number of aliphatic hydroxyl groups is 1. The third kappa shape index (κ3) is 2.01. The summed E-state index contributed by atoms with van der Waals surface area (Å²) in [6.45, 7) is 4.08. The summed E-state index contributed by atoms with van der Waals surface area (Å²) in [4.78, 5) is 5.70. The maximum Gasteiger partial charge on any atom is 0.0957 e. The van der Waals surface area contributed by atoms with Crippen molar-refractivity contribution in [3.63, 3.8) is 0 Å². The lowest BCUT2D eigenvalue weighted by molar-refractivity contribution is -0.148. The third-order valence-corrected chi connectivity index (χ3v) is 4.75. The average molecular weight is 241 g/mol. The van der Waals surface area contributed by atoms with E-state index in [9.17, 15) is 5.11 Å². The molecule has 90 valence electrons. The predicted molar refractivity (Wildman–Crippen MR) is 64.9 cm³/mol. The fourth-order valence-electron chi connectivity index (χ4n) is 2.18. The number of rotatable bonds is 4. The Morgan fingerprint density at radius 1 is 1.50 bits per heavy atom. The van der Waals surface area contributed by atoms with Crippen LogP contribution in [0.2, 0.25) is 0 Å². The zero-order valence-electron chi connectivity index (χ0n) is 10.1. The van der Waals surface area contributed by atoms with Crippen molar-refractivity contribution in [3.8, 4) is 0 Å². The summed E-state index contributed by atoms with van der Waals surface area (Å²) in [6.07, 6.45) is 3.28. The van der Waals surface area contributed by atoms with Gasteiger partial charge in [0, 0.05) is 18.4 Å². The summed E-state index contributed by atoms with van der Waals surface area (Å²) < 4.78 is 5.47. The van der Waals surface area contributed by atoms with Gasteiger partial charge in [-0.3, -0.25) is 0 Å². The molecule has 0 spiro atoms. The van der Waals surface area contributed by atoms with Gasteiger partial charge in [0.15, 0.2) is 0 Å². The number of ether oxygens (including phenoxy) is 1. The quantitative estimate of drug-likeness (QED) is 0.879. The van der Waals surface area contributed by atoms with Gasteiger partial charge in [0.2, 0.25) is 0 Å². The van der Waals surface area contributed by atoms with E-state index in [-0.39, 0.29) is 5.60 Å². The minimum atomic E-state index is -0.420. The van der Waals surface area contributed by atoms with Gasteiger partial charge in [-0.25, -0.2) is 4.98 Å². The van der Waals surface area contributed by atoms with Gasteiger partial charge in [-0.05, 0) is 33.1 Å². The highest BCUT2D eigenvalue weighted by Gasteiger charge is 2.44. The summed E-state index contributed by atoms with van der Waals surface area (Å²) in [6, 6.07) is 0. The highest BCUT2D eigenvalue weighted by Crippen LogP contribution is 2.39. The molecule has 0 amide bonds. The van der Waals surface area contributed by atoms with Gasteiger partial charge in [0.05, 0.1) is 22.4 Å². The molecule has 0 aliphatic heterocycles. The van der Waals surface area contributed by atoms with E-state index in [1.165, 1.54) is 4.88 Å². The number of nitrogens with zero attached hydrogens (tertiary/aromatic N) is 1. The first-order valence-corrected chi connectivity index (χ1v) is 6.55. The molecule has 2 rings (SSSR count). The molecule has 1 saturated carbocycles. The Labute approximate surface area is 100 Å². The maximum absolute atomic E-state index is 10.2. The van der Waals surface area contributed by atoms with Crippen LogP contribution in [0.25, 0.3) is 0 Å². The standard InChI is InChI=1S/C12H19NO2S/c1-8-9(2)16-11(13-8)7-10(14)12(15-3)5-4-6-12/h10,14H,4-7H2,1-3H3. The largest absolute Gasteiger partial charge is 0.390 e. The van der Waals surface area contributed by atoms with Crippen molar-refractivity contribution in [2.75, 3.05) is 7.11 Å². The molecule has 1 aromatic rings. The normalized spacial score (nSPS) is 20.5. The van der Waals surface area contributed by atoms with Gasteiger partial charge < -0.3 is 9.84 Å². The fraction of sp³-hybridized carbons (Fsp3) is 0.750. The number of thiazole rings is 1. The van der Waals surface area contributed by atoms with Crippen molar-refractivity contribution in [2.45, 2.75) is 51.2 Å². The van der Waals surface area contributed by atoms with E-state index in [1.807, 2.05) is 6.92 Å². The lowest BCUT2D eigenvalue weighted by atomic mass is 9.75. The first kappa shape index (κ1) is 12.0. The first-order chi connectivity index (χ1) is 7.57. The van der Waals surface area contributed by atoms with E-state index in [1.54, 1.807) is 18.4 Å². The highest BCUT2D eigenvalue weighted by atomic mass is 32.1. The molecule has 1 N–H and O–H groups in total. The van der Waals surface area contributed by atoms with E-state index in [0.717, 1.165) is 30.0 Å². The molecule has 4 heteroatoms. The van der Waals surface area contributed by atoms with E-state index < -0.39 is 6.10 Å². The molecule has 1 aliphatic carbocycles. The van der Waals surface area contributed by atoms with Crippen molar-refractivity contribution in [1.82, 2.24) is 4.98 Å². The molecule has 1 unspecified atom stereocenters. The van der Waals surface area contributed by atoms with Gasteiger partial charge in [0.25, 0.3) is 0 Å². The third-order valence-electron chi connectivity index (χ3n) is 3.65. The van der Waals surface area contributed by atoms with Crippen molar-refractivity contribution in [1.29, 1.82) is 0 Å². The zero-order valence-corrected chi connectivity index (χ0v) is 10.9. The predicted octanol–water partition coefficient (Wildman–Crippen LogP) is 2.23. The van der Waals surface area contributed by atoms with E-state index in [2.05, 4.69) is 11.9 Å². The molecular formula is C12H19NO2S. The molecule has 1 aromatic heterocycles. The molecule has 0 saturated heterocycles. The lowest BCUT2D eigenvalue weighted by Gasteiger charge is -2.43. The van der Waals surface area contributed by atoms with Crippen LogP contribution in [0.5, 0.6) is 0 Å². The number of methoxy groups -OCH3 is 1. The van der Waals surface area contributed by atoms with Crippen LogP contribution < -0.4 is 0 Å². The molecule has 0 radical (unpaired) electrons. The average Bonchev–Trinajstić information content (AvgIpc) is 2.44. The zero-order chi connectivity index (χ0) is 11.8. The molecule has 1 heterocycles. The van der Waals surface area contributed by atoms with Crippen LogP contribution in [0.4, 0.5) is 0 Å². The molecule has 16 heavy (non-hydrogen) atoms. The van der Waals surface area contributed by atoms with Crippen molar-refractivity contribution in [3.05, 3.63) is 15.6 Å². The second kappa shape index (κ2) is 4.43. The fourth-order valence-corrected chi connectivity index (χ4v) is 3.15. The summed E-state index contributed by atoms with van der Waals surface area (Å²) in [5.41, 5.74) is 0.778. The van der Waals surface area contributed by atoms with E-state index in [4.69, 9.17) is 4.74 Å².